The highest BCUT2D eigenvalue weighted by molar-refractivity contribution is 5.55. The lowest BCUT2D eigenvalue weighted by atomic mass is 10.1. The molecule has 0 amide bonds. The molecule has 0 saturated heterocycles. The number of halogens is 3. The van der Waals surface area contributed by atoms with E-state index in [1.165, 1.54) is 0 Å². The van der Waals surface area contributed by atoms with Crippen molar-refractivity contribution in [3.05, 3.63) is 66.1 Å². The number of rotatable bonds is 5. The third kappa shape index (κ3) is 4.18. The minimum absolute atomic E-state index is 0.0733. The van der Waals surface area contributed by atoms with Gasteiger partial charge in [0.25, 0.3) is 0 Å². The first-order valence-electron chi connectivity index (χ1n) is 10.0. The van der Waals surface area contributed by atoms with Crippen molar-refractivity contribution in [2.24, 2.45) is 0 Å². The van der Waals surface area contributed by atoms with Gasteiger partial charge in [0.15, 0.2) is 5.82 Å². The first kappa shape index (κ1) is 20.2. The Hall–Kier alpha value is -3.76. The lowest BCUT2D eigenvalue weighted by molar-refractivity contribution is -0.142. The molecular formula is C21H18F3N7O. The van der Waals surface area contributed by atoms with E-state index in [9.17, 15) is 13.2 Å². The maximum absolute atomic E-state index is 12.9. The molecule has 4 aromatic rings. The van der Waals surface area contributed by atoms with Crippen LogP contribution in [0.2, 0.25) is 0 Å². The molecule has 32 heavy (non-hydrogen) atoms. The molecule has 3 aromatic heterocycles. The summed E-state index contributed by atoms with van der Waals surface area (Å²) in [4.78, 5) is 12.4. The topological polar surface area (TPSA) is 83.5 Å². The second kappa shape index (κ2) is 8.06. The summed E-state index contributed by atoms with van der Waals surface area (Å²) < 4.78 is 47.1. The summed E-state index contributed by atoms with van der Waals surface area (Å²) in [6.45, 7) is -0.789. The third-order valence-electron chi connectivity index (χ3n) is 5.11. The number of fused-ring (bicyclic) bond motifs is 3. The Labute approximate surface area is 180 Å². The van der Waals surface area contributed by atoms with Crippen LogP contribution in [0.4, 0.5) is 13.2 Å². The number of aryl methyl sites for hydroxylation is 2. The molecule has 1 aliphatic heterocycles. The minimum atomic E-state index is -4.41. The van der Waals surface area contributed by atoms with Gasteiger partial charge in [-0.1, -0.05) is 6.07 Å². The fourth-order valence-electron chi connectivity index (χ4n) is 3.67. The van der Waals surface area contributed by atoms with Gasteiger partial charge in [-0.15, -0.1) is 0 Å². The normalized spacial score (nSPS) is 13.2. The van der Waals surface area contributed by atoms with Crippen LogP contribution in [0.25, 0.3) is 17.2 Å². The Balaban J connectivity index is 1.47. The predicted molar refractivity (Wildman–Crippen MR) is 107 cm³/mol. The molecule has 0 atom stereocenters. The lowest BCUT2D eigenvalue weighted by Crippen LogP contribution is -2.19. The Morgan fingerprint density at radius 1 is 1.06 bits per heavy atom. The van der Waals surface area contributed by atoms with E-state index in [1.54, 1.807) is 29.3 Å². The molecule has 0 radical (unpaired) electrons. The van der Waals surface area contributed by atoms with Gasteiger partial charge in [0.1, 0.15) is 30.0 Å². The van der Waals surface area contributed by atoms with Crippen molar-refractivity contribution in [2.75, 3.05) is 6.61 Å². The Morgan fingerprint density at radius 2 is 1.97 bits per heavy atom. The van der Waals surface area contributed by atoms with Gasteiger partial charge in [-0.2, -0.15) is 23.4 Å². The van der Waals surface area contributed by atoms with Gasteiger partial charge >= 0.3 is 6.18 Å². The second-order valence-electron chi connectivity index (χ2n) is 7.39. The van der Waals surface area contributed by atoms with Crippen LogP contribution >= 0.6 is 0 Å². The summed E-state index contributed by atoms with van der Waals surface area (Å²) in [5.41, 5.74) is 3.85. The van der Waals surface area contributed by atoms with Crippen LogP contribution in [0.3, 0.4) is 0 Å². The molecule has 0 fully saturated rings. The standard InChI is InChI=1S/C21H18F3N7O/c22-21(23,24)12-30-20(27-13-28-30)17-10-16-5-8-32-19-4-2-14(9-18(19)31(16)29-17)1-3-15-11-25-6-7-26-15/h2,4,6-7,9-11,13H,1,3,5,8,12H2. The van der Waals surface area contributed by atoms with Crippen LogP contribution < -0.4 is 4.74 Å². The van der Waals surface area contributed by atoms with E-state index in [0.717, 1.165) is 46.5 Å². The van der Waals surface area contributed by atoms with Crippen LogP contribution in [0.1, 0.15) is 17.0 Å². The zero-order valence-corrected chi connectivity index (χ0v) is 16.8. The number of benzene rings is 1. The molecule has 0 unspecified atom stereocenters. The van der Waals surface area contributed by atoms with Crippen LogP contribution in [-0.4, -0.2) is 47.3 Å². The molecule has 4 heterocycles. The summed E-state index contributed by atoms with van der Waals surface area (Å²) in [7, 11) is 0. The zero-order chi connectivity index (χ0) is 22.1. The van der Waals surface area contributed by atoms with Crippen molar-refractivity contribution in [3.8, 4) is 23.0 Å². The van der Waals surface area contributed by atoms with Gasteiger partial charge in [-0.3, -0.25) is 9.97 Å². The summed E-state index contributed by atoms with van der Waals surface area (Å²) in [6, 6.07) is 7.60. The van der Waals surface area contributed by atoms with Gasteiger partial charge in [-0.25, -0.2) is 14.3 Å². The van der Waals surface area contributed by atoms with Crippen LogP contribution in [0.5, 0.6) is 5.75 Å². The second-order valence-corrected chi connectivity index (χ2v) is 7.39. The summed E-state index contributed by atoms with van der Waals surface area (Å²) in [6.07, 6.45) is 3.77. The molecular weight excluding hydrogens is 423 g/mol. The largest absolute Gasteiger partial charge is 0.491 e. The first-order chi connectivity index (χ1) is 15.5. The molecule has 164 valence electrons. The maximum atomic E-state index is 12.9. The van der Waals surface area contributed by atoms with Crippen molar-refractivity contribution in [1.82, 2.24) is 34.5 Å². The highest BCUT2D eigenvalue weighted by atomic mass is 19.4. The number of hydrogen-bond acceptors (Lipinski definition) is 6. The van der Waals surface area contributed by atoms with Crippen LogP contribution in [-0.2, 0) is 25.8 Å². The molecule has 0 saturated carbocycles. The van der Waals surface area contributed by atoms with Crippen molar-refractivity contribution in [3.63, 3.8) is 0 Å². The maximum Gasteiger partial charge on any atom is 0.408 e. The quantitative estimate of drug-likeness (QED) is 0.473. The zero-order valence-electron chi connectivity index (χ0n) is 16.8. The van der Waals surface area contributed by atoms with Crippen molar-refractivity contribution >= 4 is 0 Å². The average Bonchev–Trinajstić information content (AvgIpc) is 3.35. The monoisotopic (exact) mass is 441 g/mol. The molecule has 8 nitrogen and oxygen atoms in total. The number of hydrogen-bond donors (Lipinski definition) is 0. The van der Waals surface area contributed by atoms with E-state index >= 15 is 0 Å². The van der Waals surface area contributed by atoms with Gasteiger partial charge in [0.05, 0.1) is 12.3 Å². The van der Waals surface area contributed by atoms with E-state index in [4.69, 9.17) is 4.74 Å². The van der Waals surface area contributed by atoms with Gasteiger partial charge < -0.3 is 4.74 Å². The molecule has 0 spiro atoms. The molecule has 11 heteroatoms. The number of nitrogens with zero attached hydrogens (tertiary/aromatic N) is 7. The van der Waals surface area contributed by atoms with Crippen molar-refractivity contribution in [2.45, 2.75) is 32.0 Å². The minimum Gasteiger partial charge on any atom is -0.491 e. The number of aromatic nitrogens is 7. The van der Waals surface area contributed by atoms with Gasteiger partial charge in [0, 0.05) is 30.7 Å². The molecule has 1 aliphatic rings. The number of alkyl halides is 3. The molecule has 5 rings (SSSR count). The van der Waals surface area contributed by atoms with Gasteiger partial charge in [-0.05, 0) is 36.6 Å². The average molecular weight is 441 g/mol. The van der Waals surface area contributed by atoms with Gasteiger partial charge in [0.2, 0.25) is 0 Å². The third-order valence-corrected chi connectivity index (χ3v) is 5.11. The lowest BCUT2D eigenvalue weighted by Gasteiger charge is -2.11. The van der Waals surface area contributed by atoms with E-state index in [-0.39, 0.29) is 5.82 Å². The van der Waals surface area contributed by atoms with E-state index in [2.05, 4.69) is 25.1 Å². The predicted octanol–water partition coefficient (Wildman–Crippen LogP) is 3.20. The van der Waals surface area contributed by atoms with E-state index in [1.807, 2.05) is 18.2 Å². The molecule has 1 aromatic carbocycles. The summed E-state index contributed by atoms with van der Waals surface area (Å²) in [5, 5.41) is 8.28. The van der Waals surface area contributed by atoms with Crippen molar-refractivity contribution < 1.29 is 17.9 Å². The molecule has 0 N–H and O–H groups in total. The smallest absolute Gasteiger partial charge is 0.408 e. The van der Waals surface area contributed by atoms with Crippen LogP contribution in [0.15, 0.2) is 49.2 Å². The Morgan fingerprint density at radius 3 is 2.78 bits per heavy atom. The Bertz CT molecular complexity index is 1230. The fourth-order valence-corrected chi connectivity index (χ4v) is 3.67. The molecule has 0 bridgehead atoms. The summed E-state index contributed by atoms with van der Waals surface area (Å²) in [5.74, 6) is 0.739. The van der Waals surface area contributed by atoms with E-state index < -0.39 is 12.7 Å². The van der Waals surface area contributed by atoms with Crippen molar-refractivity contribution in [1.29, 1.82) is 0 Å². The van der Waals surface area contributed by atoms with Crippen LogP contribution in [0, 0.1) is 0 Å². The fraction of sp³-hybridized carbons (Fsp3) is 0.286. The number of ether oxygens (including phenoxy) is 1. The first-order valence-corrected chi connectivity index (χ1v) is 10.0. The summed E-state index contributed by atoms with van der Waals surface area (Å²) >= 11 is 0. The SMILES string of the molecule is FC(F)(F)Cn1ncnc1-c1cc2n(n1)-c1cc(CCc3cnccn3)ccc1OCC2. The molecule has 0 aliphatic carbocycles. The highest BCUT2D eigenvalue weighted by Crippen LogP contribution is 2.31. The highest BCUT2D eigenvalue weighted by Gasteiger charge is 2.31. The van der Waals surface area contributed by atoms with E-state index in [0.29, 0.717) is 24.5 Å². The Kier molecular flexibility index (Phi) is 5.08.